The average Bonchev–Trinajstić information content (AvgIpc) is 3.35. The highest BCUT2D eigenvalue weighted by Crippen LogP contribution is 2.45. The quantitative estimate of drug-likeness (QED) is 0.420. The van der Waals surface area contributed by atoms with Gasteiger partial charge in [0.2, 0.25) is 11.6 Å². The summed E-state index contributed by atoms with van der Waals surface area (Å²) < 4.78 is 5.30. The highest BCUT2D eigenvalue weighted by atomic mass is 16.3. The number of amides is 1. The number of aromatic hydroxyl groups is 2. The molecule has 1 aliphatic heterocycles. The molecule has 2 heterocycles. The number of phenols is 2. The summed E-state index contributed by atoms with van der Waals surface area (Å²) in [5.74, 6) is -3.11. The van der Waals surface area contributed by atoms with Crippen LogP contribution in [0.25, 0.3) is 10.8 Å². The van der Waals surface area contributed by atoms with E-state index in [2.05, 4.69) is 0 Å². The number of furan rings is 1. The number of phenolic OH excluding ortho intramolecular Hbond substituents is 2. The molecule has 2 aliphatic rings. The van der Waals surface area contributed by atoms with Gasteiger partial charge in [0.15, 0.2) is 5.76 Å². The van der Waals surface area contributed by atoms with Gasteiger partial charge in [-0.1, -0.05) is 24.3 Å². The van der Waals surface area contributed by atoms with Crippen LogP contribution in [0.3, 0.4) is 0 Å². The lowest BCUT2D eigenvalue weighted by Gasteiger charge is -2.20. The Kier molecular flexibility index (Phi) is 3.56. The molecular weight excluding hydrogens is 376 g/mol. The molecule has 0 saturated carbocycles. The molecule has 146 valence electrons. The molecule has 0 spiro atoms. The lowest BCUT2D eigenvalue weighted by molar-refractivity contribution is 0.0785. The molecule has 29 heavy (non-hydrogen) atoms. The zero-order valence-corrected chi connectivity index (χ0v) is 15.1. The minimum atomic E-state index is -0.759. The first kappa shape index (κ1) is 17.4. The van der Waals surface area contributed by atoms with Gasteiger partial charge in [-0.25, -0.2) is 0 Å². The van der Waals surface area contributed by atoms with Gasteiger partial charge >= 0.3 is 0 Å². The number of nitrogens with zero attached hydrogens (tertiary/aromatic N) is 1. The van der Waals surface area contributed by atoms with Gasteiger partial charge in [0.25, 0.3) is 5.91 Å². The Balaban J connectivity index is 1.71. The lowest BCUT2D eigenvalue weighted by atomic mass is 9.83. The summed E-state index contributed by atoms with van der Waals surface area (Å²) in [6.45, 7) is 0.781. The highest BCUT2D eigenvalue weighted by molar-refractivity contribution is 6.33. The van der Waals surface area contributed by atoms with Gasteiger partial charge in [0.05, 0.1) is 22.3 Å². The van der Waals surface area contributed by atoms with Crippen molar-refractivity contribution >= 4 is 28.2 Å². The Bertz CT molecular complexity index is 1240. The van der Waals surface area contributed by atoms with Crippen molar-refractivity contribution in [3.63, 3.8) is 0 Å². The van der Waals surface area contributed by atoms with Crippen LogP contribution in [-0.2, 0) is 0 Å². The van der Waals surface area contributed by atoms with Crippen molar-refractivity contribution in [2.45, 2.75) is 12.5 Å². The molecular formula is C21H16N2O6. The van der Waals surface area contributed by atoms with Crippen molar-refractivity contribution < 1.29 is 29.0 Å². The third kappa shape index (κ3) is 2.26. The number of likely N-dealkylation sites (tertiary alicyclic amines) is 1. The van der Waals surface area contributed by atoms with Crippen LogP contribution in [-0.4, -0.2) is 51.7 Å². The van der Waals surface area contributed by atoms with Gasteiger partial charge in [0, 0.05) is 29.9 Å². The van der Waals surface area contributed by atoms with Crippen molar-refractivity contribution in [1.29, 1.82) is 0 Å². The number of fused-ring (bicyclic) bond motifs is 3. The second-order valence-electron chi connectivity index (χ2n) is 7.30. The maximum atomic E-state index is 13.3. The smallest absolute Gasteiger partial charge is 0.257 e. The molecule has 5 rings (SSSR count). The summed E-state index contributed by atoms with van der Waals surface area (Å²) in [6.07, 6.45) is 1.72. The summed E-state index contributed by atoms with van der Waals surface area (Å²) in [6, 6.07) is 6.19. The van der Waals surface area contributed by atoms with Gasteiger partial charge in [-0.2, -0.15) is 0 Å². The van der Waals surface area contributed by atoms with E-state index < -0.39 is 29.0 Å². The number of hydrogen-bond acceptors (Lipinski definition) is 7. The lowest BCUT2D eigenvalue weighted by Crippen LogP contribution is -2.33. The second-order valence-corrected chi connectivity index (χ2v) is 7.30. The molecule has 1 fully saturated rings. The van der Waals surface area contributed by atoms with E-state index >= 15 is 0 Å². The summed E-state index contributed by atoms with van der Waals surface area (Å²) in [5.41, 5.74) is 4.96. The first-order chi connectivity index (χ1) is 13.9. The largest absolute Gasteiger partial charge is 0.506 e. The predicted molar refractivity (Wildman–Crippen MR) is 101 cm³/mol. The fourth-order valence-corrected chi connectivity index (χ4v) is 4.13. The monoisotopic (exact) mass is 392 g/mol. The average molecular weight is 392 g/mol. The molecule has 1 amide bonds. The Morgan fingerprint density at radius 3 is 2.24 bits per heavy atom. The second kappa shape index (κ2) is 5.92. The number of ketones is 2. The number of hydrogen-bond donors (Lipinski definition) is 3. The Hall–Kier alpha value is -3.65. The van der Waals surface area contributed by atoms with Crippen LogP contribution < -0.4 is 5.73 Å². The summed E-state index contributed by atoms with van der Waals surface area (Å²) in [5, 5.41) is 21.8. The maximum absolute atomic E-state index is 13.3. The molecule has 1 saturated heterocycles. The zero-order valence-electron chi connectivity index (χ0n) is 15.1. The molecule has 0 unspecified atom stereocenters. The SMILES string of the molecule is N[C@@H]1CCN(C(=O)c2coc3c2C(=O)c2c(c(O)c4ccccc4c2O)C3=O)C1. The molecule has 1 atom stereocenters. The molecule has 0 bridgehead atoms. The van der Waals surface area contributed by atoms with E-state index in [1.165, 1.54) is 17.0 Å². The first-order valence-electron chi connectivity index (χ1n) is 9.12. The normalized spacial score (nSPS) is 18.2. The van der Waals surface area contributed by atoms with Crippen molar-refractivity contribution in [3.8, 4) is 11.5 Å². The van der Waals surface area contributed by atoms with E-state index in [1.54, 1.807) is 12.1 Å². The molecule has 1 aliphatic carbocycles. The van der Waals surface area contributed by atoms with Crippen molar-refractivity contribution in [2.75, 3.05) is 13.1 Å². The van der Waals surface area contributed by atoms with E-state index in [9.17, 15) is 24.6 Å². The standard InChI is InChI=1S/C21H16N2O6/c22-9-5-6-23(7-9)21(28)12-8-29-20-13(12)18(26)14-15(19(20)27)17(25)11-4-2-1-3-10(11)16(14)24/h1-4,8-9,24-25H,5-7,22H2/t9-/m1/s1. The van der Waals surface area contributed by atoms with Crippen molar-refractivity contribution in [1.82, 2.24) is 4.90 Å². The third-order valence-electron chi connectivity index (χ3n) is 5.58. The van der Waals surface area contributed by atoms with E-state index in [0.717, 1.165) is 6.26 Å². The Labute approximate surface area is 164 Å². The van der Waals surface area contributed by atoms with Crippen LogP contribution >= 0.6 is 0 Å². The Morgan fingerprint density at radius 2 is 1.66 bits per heavy atom. The maximum Gasteiger partial charge on any atom is 0.257 e. The highest BCUT2D eigenvalue weighted by Gasteiger charge is 2.42. The molecule has 2 aromatic carbocycles. The van der Waals surface area contributed by atoms with Crippen LogP contribution in [0, 0.1) is 0 Å². The molecule has 3 aromatic rings. The first-order valence-corrected chi connectivity index (χ1v) is 9.12. The van der Waals surface area contributed by atoms with E-state index in [-0.39, 0.29) is 44.8 Å². The number of benzene rings is 2. The van der Waals surface area contributed by atoms with Crippen molar-refractivity contribution in [2.24, 2.45) is 5.73 Å². The minimum Gasteiger partial charge on any atom is -0.506 e. The van der Waals surface area contributed by atoms with Crippen LogP contribution in [0.1, 0.15) is 48.8 Å². The number of nitrogens with two attached hydrogens (primary N) is 1. The molecule has 0 radical (unpaired) electrons. The number of carbonyl (C=O) groups is 3. The summed E-state index contributed by atoms with van der Waals surface area (Å²) >= 11 is 0. The van der Waals surface area contributed by atoms with E-state index in [1.807, 2.05) is 0 Å². The molecule has 1 aromatic heterocycles. The van der Waals surface area contributed by atoms with Crippen molar-refractivity contribution in [3.05, 3.63) is 58.5 Å². The number of carbonyl (C=O) groups excluding carboxylic acids is 3. The fourth-order valence-electron chi connectivity index (χ4n) is 4.13. The van der Waals surface area contributed by atoms with Gasteiger partial charge in [-0.05, 0) is 6.42 Å². The Morgan fingerprint density at radius 1 is 1.03 bits per heavy atom. The zero-order chi connectivity index (χ0) is 20.4. The fraction of sp³-hybridized carbons (Fsp3) is 0.190. The third-order valence-corrected chi connectivity index (χ3v) is 5.58. The minimum absolute atomic E-state index is 0.0508. The van der Waals surface area contributed by atoms with Gasteiger partial charge in [-0.15, -0.1) is 0 Å². The predicted octanol–water partition coefficient (Wildman–Crippen LogP) is 1.79. The molecule has 8 heteroatoms. The topological polar surface area (TPSA) is 134 Å². The number of rotatable bonds is 1. The van der Waals surface area contributed by atoms with Gasteiger partial charge in [0.1, 0.15) is 17.8 Å². The van der Waals surface area contributed by atoms with Crippen LogP contribution in [0.2, 0.25) is 0 Å². The molecule has 8 nitrogen and oxygen atoms in total. The van der Waals surface area contributed by atoms with Gasteiger partial charge in [-0.3, -0.25) is 14.4 Å². The van der Waals surface area contributed by atoms with Crippen LogP contribution in [0.5, 0.6) is 11.5 Å². The summed E-state index contributed by atoms with van der Waals surface area (Å²) in [7, 11) is 0. The van der Waals surface area contributed by atoms with E-state index in [4.69, 9.17) is 10.2 Å². The van der Waals surface area contributed by atoms with Crippen LogP contribution in [0.4, 0.5) is 0 Å². The molecule has 4 N–H and O–H groups in total. The van der Waals surface area contributed by atoms with Crippen LogP contribution in [0.15, 0.2) is 34.9 Å². The van der Waals surface area contributed by atoms with E-state index in [0.29, 0.717) is 19.5 Å². The summed E-state index contributed by atoms with van der Waals surface area (Å²) in [4.78, 5) is 40.7. The van der Waals surface area contributed by atoms with Gasteiger partial charge < -0.3 is 25.3 Å².